The van der Waals surface area contributed by atoms with Crippen molar-refractivity contribution in [2.75, 3.05) is 19.6 Å². The van der Waals surface area contributed by atoms with E-state index in [0.717, 1.165) is 18.5 Å². The van der Waals surface area contributed by atoms with Gasteiger partial charge in [-0.2, -0.15) is 5.26 Å². The van der Waals surface area contributed by atoms with Crippen molar-refractivity contribution in [3.63, 3.8) is 0 Å². The molecule has 0 aliphatic carbocycles. The zero-order chi connectivity index (χ0) is 13.8. The number of nitrogens with two attached hydrogens (primary N) is 1. The highest BCUT2D eigenvalue weighted by atomic mass is 16.1. The summed E-state index contributed by atoms with van der Waals surface area (Å²) in [5.74, 6) is -0.434. The highest BCUT2D eigenvalue weighted by molar-refractivity contribution is 5.77. The van der Waals surface area contributed by atoms with Crippen molar-refractivity contribution in [3.8, 4) is 6.07 Å². The largest absolute Gasteiger partial charge is 0.369 e. The summed E-state index contributed by atoms with van der Waals surface area (Å²) in [4.78, 5) is 13.3. The first-order valence-corrected chi connectivity index (χ1v) is 6.58. The standard InChI is InChI=1S/C15H19N3O/c1-11-2-4-12(5-3-11)14(8-16)10-18-7-6-13(9-18)15(17)19/h2-5,13-14H,6-7,9-10H2,1H3,(H2,17,19). The average Bonchev–Trinajstić information content (AvgIpc) is 2.86. The molecule has 2 N–H and O–H groups in total. The molecule has 1 aromatic rings. The fourth-order valence-corrected chi connectivity index (χ4v) is 2.51. The molecule has 4 nitrogen and oxygen atoms in total. The molecule has 19 heavy (non-hydrogen) atoms. The van der Waals surface area contributed by atoms with Crippen molar-refractivity contribution in [2.24, 2.45) is 11.7 Å². The van der Waals surface area contributed by atoms with Gasteiger partial charge in [-0.25, -0.2) is 0 Å². The van der Waals surface area contributed by atoms with Gasteiger partial charge in [0.1, 0.15) is 0 Å². The van der Waals surface area contributed by atoms with E-state index in [2.05, 4.69) is 11.0 Å². The highest BCUT2D eigenvalue weighted by Gasteiger charge is 2.28. The van der Waals surface area contributed by atoms with Crippen LogP contribution in [0, 0.1) is 24.2 Å². The van der Waals surface area contributed by atoms with E-state index in [0.29, 0.717) is 13.1 Å². The van der Waals surface area contributed by atoms with Crippen LogP contribution in [0.25, 0.3) is 0 Å². The summed E-state index contributed by atoms with van der Waals surface area (Å²) in [6.45, 7) is 4.23. The number of aryl methyl sites for hydroxylation is 1. The maximum absolute atomic E-state index is 11.1. The van der Waals surface area contributed by atoms with E-state index in [4.69, 9.17) is 5.73 Å². The molecule has 1 heterocycles. The molecule has 1 amide bonds. The van der Waals surface area contributed by atoms with E-state index >= 15 is 0 Å². The van der Waals surface area contributed by atoms with Gasteiger partial charge in [-0.3, -0.25) is 4.79 Å². The van der Waals surface area contributed by atoms with Crippen LogP contribution < -0.4 is 5.73 Å². The van der Waals surface area contributed by atoms with E-state index in [1.165, 1.54) is 5.56 Å². The Morgan fingerprint density at radius 2 is 2.21 bits per heavy atom. The van der Waals surface area contributed by atoms with Crippen LogP contribution in [0.2, 0.25) is 0 Å². The maximum Gasteiger partial charge on any atom is 0.221 e. The normalized spacial score (nSPS) is 20.9. The van der Waals surface area contributed by atoms with Crippen molar-refractivity contribution in [1.29, 1.82) is 5.26 Å². The number of hydrogen-bond acceptors (Lipinski definition) is 3. The van der Waals surface area contributed by atoms with Gasteiger partial charge in [-0.15, -0.1) is 0 Å². The van der Waals surface area contributed by atoms with Crippen LogP contribution in [0.1, 0.15) is 23.5 Å². The van der Waals surface area contributed by atoms with Crippen LogP contribution in [0.15, 0.2) is 24.3 Å². The summed E-state index contributed by atoms with van der Waals surface area (Å²) in [7, 11) is 0. The summed E-state index contributed by atoms with van der Waals surface area (Å²) >= 11 is 0. The Hall–Kier alpha value is -1.86. The summed E-state index contributed by atoms with van der Waals surface area (Å²) < 4.78 is 0. The lowest BCUT2D eigenvalue weighted by Crippen LogP contribution is -2.29. The molecule has 1 aromatic carbocycles. The molecule has 1 saturated heterocycles. The van der Waals surface area contributed by atoms with Crippen LogP contribution in [0.4, 0.5) is 0 Å². The van der Waals surface area contributed by atoms with Gasteiger partial charge in [0.15, 0.2) is 0 Å². The molecule has 0 spiro atoms. The van der Waals surface area contributed by atoms with Crippen molar-refractivity contribution in [2.45, 2.75) is 19.3 Å². The van der Waals surface area contributed by atoms with E-state index < -0.39 is 0 Å². The lowest BCUT2D eigenvalue weighted by molar-refractivity contribution is -0.121. The second kappa shape index (κ2) is 5.85. The lowest BCUT2D eigenvalue weighted by atomic mass is 9.99. The molecule has 0 radical (unpaired) electrons. The van der Waals surface area contributed by atoms with Crippen molar-refractivity contribution in [3.05, 3.63) is 35.4 Å². The molecule has 1 fully saturated rings. The number of nitriles is 1. The number of amides is 1. The first-order chi connectivity index (χ1) is 9.10. The quantitative estimate of drug-likeness (QED) is 0.886. The van der Waals surface area contributed by atoms with Gasteiger partial charge in [0.25, 0.3) is 0 Å². The number of carbonyl (C=O) groups excluding carboxylic acids is 1. The summed E-state index contributed by atoms with van der Waals surface area (Å²) in [5, 5.41) is 9.32. The number of hydrogen-bond donors (Lipinski definition) is 1. The Kier molecular flexibility index (Phi) is 4.18. The molecule has 2 atom stereocenters. The van der Waals surface area contributed by atoms with Gasteiger partial charge in [0, 0.05) is 13.1 Å². The Bertz CT molecular complexity index is 489. The predicted molar refractivity (Wildman–Crippen MR) is 73.3 cm³/mol. The minimum Gasteiger partial charge on any atom is -0.369 e. The third-order valence-corrected chi connectivity index (χ3v) is 3.75. The number of carbonyl (C=O) groups is 1. The smallest absolute Gasteiger partial charge is 0.221 e. The van der Waals surface area contributed by atoms with Crippen LogP contribution in [-0.4, -0.2) is 30.4 Å². The number of likely N-dealkylation sites (tertiary alicyclic amines) is 1. The zero-order valence-electron chi connectivity index (χ0n) is 11.2. The molecule has 4 heteroatoms. The van der Waals surface area contributed by atoms with Crippen LogP contribution in [0.3, 0.4) is 0 Å². The predicted octanol–water partition coefficient (Wildman–Crippen LogP) is 1.41. The van der Waals surface area contributed by atoms with Gasteiger partial charge < -0.3 is 10.6 Å². The first kappa shape index (κ1) is 13.6. The molecule has 2 unspecified atom stereocenters. The van der Waals surface area contributed by atoms with Gasteiger partial charge in [0.2, 0.25) is 5.91 Å². The Labute approximate surface area is 113 Å². The molecule has 0 aromatic heterocycles. The second-order valence-electron chi connectivity index (χ2n) is 5.24. The topological polar surface area (TPSA) is 70.1 Å². The van der Waals surface area contributed by atoms with Gasteiger partial charge in [-0.1, -0.05) is 29.8 Å². The number of benzene rings is 1. The minimum atomic E-state index is -0.230. The average molecular weight is 257 g/mol. The SMILES string of the molecule is Cc1ccc(C(C#N)CN2CCC(C(N)=O)C2)cc1. The second-order valence-corrected chi connectivity index (χ2v) is 5.24. The number of primary amides is 1. The third kappa shape index (κ3) is 3.33. The molecule has 0 bridgehead atoms. The molecular formula is C15H19N3O. The fourth-order valence-electron chi connectivity index (χ4n) is 2.51. The van der Waals surface area contributed by atoms with Crippen molar-refractivity contribution >= 4 is 5.91 Å². The van der Waals surface area contributed by atoms with E-state index in [1.54, 1.807) is 0 Å². The molecule has 100 valence electrons. The lowest BCUT2D eigenvalue weighted by Gasteiger charge is -2.19. The van der Waals surface area contributed by atoms with E-state index in [1.807, 2.05) is 31.2 Å². The molecule has 1 aliphatic heterocycles. The Morgan fingerprint density at radius 1 is 1.53 bits per heavy atom. The monoisotopic (exact) mass is 257 g/mol. The van der Waals surface area contributed by atoms with Gasteiger partial charge in [0.05, 0.1) is 17.9 Å². The number of rotatable bonds is 4. The van der Waals surface area contributed by atoms with E-state index in [9.17, 15) is 10.1 Å². The summed E-state index contributed by atoms with van der Waals surface area (Å²) in [6.07, 6.45) is 0.807. The maximum atomic E-state index is 11.1. The van der Waals surface area contributed by atoms with Gasteiger partial charge in [-0.05, 0) is 25.5 Å². The number of nitrogens with zero attached hydrogens (tertiary/aromatic N) is 2. The molecule has 2 rings (SSSR count). The minimum absolute atomic E-state index is 0.0580. The van der Waals surface area contributed by atoms with Crippen LogP contribution in [0.5, 0.6) is 0 Å². The van der Waals surface area contributed by atoms with Crippen molar-refractivity contribution < 1.29 is 4.79 Å². The summed E-state index contributed by atoms with van der Waals surface area (Å²) in [6, 6.07) is 10.4. The Morgan fingerprint density at radius 3 is 2.74 bits per heavy atom. The Balaban J connectivity index is 1.99. The molecular weight excluding hydrogens is 238 g/mol. The van der Waals surface area contributed by atoms with Crippen LogP contribution >= 0.6 is 0 Å². The third-order valence-electron chi connectivity index (χ3n) is 3.75. The zero-order valence-corrected chi connectivity index (χ0v) is 11.2. The van der Waals surface area contributed by atoms with Crippen molar-refractivity contribution in [1.82, 2.24) is 4.90 Å². The fraction of sp³-hybridized carbons (Fsp3) is 0.467. The molecule has 0 saturated carbocycles. The highest BCUT2D eigenvalue weighted by Crippen LogP contribution is 2.22. The van der Waals surface area contributed by atoms with Gasteiger partial charge >= 0.3 is 0 Å². The van der Waals surface area contributed by atoms with Crippen LogP contribution in [-0.2, 0) is 4.79 Å². The molecule has 1 aliphatic rings. The first-order valence-electron chi connectivity index (χ1n) is 6.58. The summed E-state index contributed by atoms with van der Waals surface area (Å²) in [5.41, 5.74) is 7.55. The van der Waals surface area contributed by atoms with E-state index in [-0.39, 0.29) is 17.7 Å².